The predicted octanol–water partition coefficient (Wildman–Crippen LogP) is 11.5. The molecule has 0 amide bonds. The third kappa shape index (κ3) is 9.03. The third-order valence-electron chi connectivity index (χ3n) is 8.69. The standard InChI is InChI=1S/C21H25.C13H10.C12H11.Zr/c1-20(2,3)16-9-7-14-11-15-8-10-17(21(4,5)6)13-19(15)18(14)12-16;1-3-7-12(8-4-1)11-13-9-5-2-6-10-13;1-10-7-8-12(9-10)11-5-3-2-4-6-11;/h7,9-10,12-13H,11H2,1-6H3;1-10H;2-6,8-10H,1H3;/q-1;;-1;+2. The fourth-order valence-corrected chi connectivity index (χ4v) is 6.58. The Kier molecular flexibility index (Phi) is 11.1. The van der Waals surface area contributed by atoms with Crippen molar-refractivity contribution in [3.63, 3.8) is 0 Å². The zero-order valence-corrected chi connectivity index (χ0v) is 31.4. The van der Waals surface area contributed by atoms with Crippen molar-refractivity contribution in [3.8, 4) is 11.1 Å². The molecule has 0 aromatic heterocycles. The van der Waals surface area contributed by atoms with E-state index < -0.39 is 0 Å². The van der Waals surface area contributed by atoms with Gasteiger partial charge in [0.15, 0.2) is 0 Å². The summed E-state index contributed by atoms with van der Waals surface area (Å²) in [7, 11) is 0. The molecule has 1 unspecified atom stereocenters. The zero-order chi connectivity index (χ0) is 33.6. The van der Waals surface area contributed by atoms with E-state index in [-0.39, 0.29) is 10.8 Å². The molecule has 1 heteroatoms. The fourth-order valence-electron chi connectivity index (χ4n) is 5.76. The van der Waals surface area contributed by atoms with E-state index in [0.29, 0.717) is 5.92 Å². The van der Waals surface area contributed by atoms with Crippen LogP contribution in [-0.2, 0) is 41.5 Å². The van der Waals surface area contributed by atoms with Crippen LogP contribution in [0.25, 0.3) is 16.7 Å². The molecule has 0 aliphatic heterocycles. The molecule has 234 valence electrons. The molecule has 2 aliphatic rings. The molecule has 0 heterocycles. The topological polar surface area (TPSA) is 0 Å². The number of allylic oxidation sites excluding steroid dienone is 4. The van der Waals surface area contributed by atoms with Crippen molar-refractivity contribution >= 4 is 8.78 Å². The summed E-state index contributed by atoms with van der Waals surface area (Å²) >= 11 is 1.46. The molecular formula is C46H46Zr. The first-order valence-corrected chi connectivity index (χ1v) is 17.9. The van der Waals surface area contributed by atoms with Crippen molar-refractivity contribution < 1.29 is 24.2 Å². The van der Waals surface area contributed by atoms with Gasteiger partial charge in [0, 0.05) is 0 Å². The molecule has 5 aromatic carbocycles. The van der Waals surface area contributed by atoms with Gasteiger partial charge in [-0.2, -0.15) is 41.0 Å². The van der Waals surface area contributed by atoms with Crippen molar-refractivity contribution in [2.24, 2.45) is 5.92 Å². The van der Waals surface area contributed by atoms with E-state index in [1.807, 2.05) is 6.07 Å². The minimum atomic E-state index is 0.177. The summed E-state index contributed by atoms with van der Waals surface area (Å²) in [6.07, 6.45) is 8.58. The van der Waals surface area contributed by atoms with Gasteiger partial charge in [-0.3, -0.25) is 6.08 Å². The molecule has 0 bridgehead atoms. The van der Waals surface area contributed by atoms with Gasteiger partial charge in [-0.05, 0) is 17.4 Å². The molecule has 0 saturated heterocycles. The fraction of sp³-hybridized carbons (Fsp3) is 0.239. The summed E-state index contributed by atoms with van der Waals surface area (Å²) in [5.74, 6) is 0.472. The molecule has 0 nitrogen and oxygen atoms in total. The third-order valence-corrected chi connectivity index (χ3v) is 10.1. The Morgan fingerprint density at radius 2 is 1.19 bits per heavy atom. The van der Waals surface area contributed by atoms with E-state index in [0.717, 1.165) is 6.42 Å². The van der Waals surface area contributed by atoms with Crippen molar-refractivity contribution in [1.29, 1.82) is 0 Å². The maximum absolute atomic E-state index is 3.53. The van der Waals surface area contributed by atoms with Gasteiger partial charge in [0.05, 0.1) is 0 Å². The van der Waals surface area contributed by atoms with Crippen LogP contribution >= 0.6 is 0 Å². The van der Waals surface area contributed by atoms with Crippen molar-refractivity contribution in [2.75, 3.05) is 0 Å². The second kappa shape index (κ2) is 15.0. The van der Waals surface area contributed by atoms with Crippen LogP contribution in [0.4, 0.5) is 0 Å². The number of benzene rings is 5. The van der Waals surface area contributed by atoms with Gasteiger partial charge < -0.3 is 0 Å². The normalized spacial score (nSPS) is 14.6. The number of hydrogen-bond acceptors (Lipinski definition) is 0. The van der Waals surface area contributed by atoms with Crippen LogP contribution in [0.1, 0.15) is 87.4 Å². The van der Waals surface area contributed by atoms with Gasteiger partial charge in [0.25, 0.3) is 0 Å². The maximum atomic E-state index is 3.53. The number of fused-ring (bicyclic) bond motifs is 3. The van der Waals surface area contributed by atoms with Crippen molar-refractivity contribution in [1.82, 2.24) is 0 Å². The summed E-state index contributed by atoms with van der Waals surface area (Å²) < 4.78 is 1.42. The predicted molar refractivity (Wildman–Crippen MR) is 198 cm³/mol. The average molecular weight is 690 g/mol. The Labute approximate surface area is 298 Å². The van der Waals surface area contributed by atoms with Gasteiger partial charge in [0.2, 0.25) is 0 Å². The Morgan fingerprint density at radius 3 is 1.70 bits per heavy atom. The Balaban J connectivity index is 0.000000145. The zero-order valence-electron chi connectivity index (χ0n) is 29.0. The van der Waals surface area contributed by atoms with E-state index in [4.69, 9.17) is 0 Å². The van der Waals surface area contributed by atoms with E-state index in [9.17, 15) is 0 Å². The SMILES string of the molecule is CC(C)(C)c1c[c-]c2c(c1)-c1cc(C(C)(C)C)ccc1C2.CC1[C-]=CC(c2ccccc2)=C1.[Zr+2]=[C](c1ccccc1)c1ccccc1. The molecule has 0 radical (unpaired) electrons. The van der Waals surface area contributed by atoms with Crippen LogP contribution in [0.5, 0.6) is 0 Å². The first-order valence-electron chi connectivity index (χ1n) is 16.6. The van der Waals surface area contributed by atoms with Gasteiger partial charge in [-0.1, -0.05) is 119 Å². The molecule has 0 spiro atoms. The second-order valence-corrected chi connectivity index (χ2v) is 15.8. The van der Waals surface area contributed by atoms with Gasteiger partial charge >= 0.3 is 99.2 Å². The molecule has 0 N–H and O–H groups in total. The van der Waals surface area contributed by atoms with Crippen LogP contribution in [0, 0.1) is 18.1 Å². The van der Waals surface area contributed by atoms with Gasteiger partial charge in [-0.25, -0.2) is 6.08 Å². The van der Waals surface area contributed by atoms with Crippen LogP contribution in [0.15, 0.2) is 133 Å². The molecule has 7 rings (SSSR count). The average Bonchev–Trinajstić information content (AvgIpc) is 3.68. The monoisotopic (exact) mass is 688 g/mol. The Hall–Kier alpha value is -3.67. The Bertz CT molecular complexity index is 1760. The summed E-state index contributed by atoms with van der Waals surface area (Å²) in [5.41, 5.74) is 14.0. The van der Waals surface area contributed by atoms with E-state index >= 15 is 0 Å². The molecule has 5 aromatic rings. The van der Waals surface area contributed by atoms with Crippen molar-refractivity contribution in [2.45, 2.75) is 65.7 Å². The molecule has 47 heavy (non-hydrogen) atoms. The van der Waals surface area contributed by atoms with Crippen LogP contribution in [0.3, 0.4) is 0 Å². The molecule has 1 atom stereocenters. The van der Waals surface area contributed by atoms with Gasteiger partial charge in [0.1, 0.15) is 0 Å². The van der Waals surface area contributed by atoms with Crippen molar-refractivity contribution in [3.05, 3.63) is 185 Å². The molecule has 0 saturated carbocycles. The van der Waals surface area contributed by atoms with Crippen LogP contribution in [-0.4, -0.2) is 3.21 Å². The van der Waals surface area contributed by atoms with Crippen LogP contribution in [0.2, 0.25) is 0 Å². The van der Waals surface area contributed by atoms with E-state index in [2.05, 4.69) is 188 Å². The molecule has 0 fully saturated rings. The summed E-state index contributed by atoms with van der Waals surface area (Å²) in [6.45, 7) is 15.8. The van der Waals surface area contributed by atoms with Crippen LogP contribution < -0.4 is 0 Å². The first kappa shape index (κ1) is 34.7. The molecular weight excluding hydrogens is 644 g/mol. The van der Waals surface area contributed by atoms with Gasteiger partial charge in [-0.15, -0.1) is 11.1 Å². The van der Waals surface area contributed by atoms with E-state index in [1.54, 1.807) is 0 Å². The van der Waals surface area contributed by atoms with E-state index in [1.165, 1.54) is 83.1 Å². The molecule has 2 aliphatic carbocycles. The summed E-state index contributed by atoms with van der Waals surface area (Å²) in [6, 6.07) is 46.6. The minimum absolute atomic E-state index is 0.177. The quantitative estimate of drug-likeness (QED) is 0.162. The second-order valence-electron chi connectivity index (χ2n) is 14.5. The number of hydrogen-bond donors (Lipinski definition) is 0. The summed E-state index contributed by atoms with van der Waals surface area (Å²) in [4.78, 5) is 0. The first-order chi connectivity index (χ1) is 22.4. The summed E-state index contributed by atoms with van der Waals surface area (Å²) in [5, 5.41) is 0. The number of rotatable bonds is 3. The Morgan fingerprint density at radius 1 is 0.660 bits per heavy atom.